The number of nitrogens with one attached hydrogen (secondary N) is 1. The van der Waals surface area contributed by atoms with E-state index >= 15 is 0 Å². The van der Waals surface area contributed by atoms with Crippen molar-refractivity contribution in [2.75, 3.05) is 33.4 Å². The first kappa shape index (κ1) is 19.7. The summed E-state index contributed by atoms with van der Waals surface area (Å²) in [6.45, 7) is 6.65. The number of carbonyl (C=O) groups is 1. The van der Waals surface area contributed by atoms with Crippen LogP contribution in [0.1, 0.15) is 33.1 Å². The maximum Gasteiger partial charge on any atom is 0.322 e. The highest BCUT2D eigenvalue weighted by atomic mass is 16.7. The first-order valence-electron chi connectivity index (χ1n) is 7.94. The van der Waals surface area contributed by atoms with Crippen molar-refractivity contribution >= 4 is 11.9 Å². The van der Waals surface area contributed by atoms with Gasteiger partial charge in [0.25, 0.3) is 0 Å². The minimum Gasteiger partial charge on any atom is -0.468 e. The van der Waals surface area contributed by atoms with Crippen LogP contribution in [-0.2, 0) is 19.0 Å². The summed E-state index contributed by atoms with van der Waals surface area (Å²) in [6.07, 6.45) is 1.74. The number of rotatable bonds is 9. The first-order valence-corrected chi connectivity index (χ1v) is 7.94. The number of nitrogens with zero attached hydrogens (tertiary/aromatic N) is 1. The van der Waals surface area contributed by atoms with Crippen LogP contribution in [0.5, 0.6) is 0 Å². The number of aliphatic imine (C=N–C) groups is 1. The highest BCUT2D eigenvalue weighted by Crippen LogP contribution is 2.23. The zero-order valence-corrected chi connectivity index (χ0v) is 14.3. The van der Waals surface area contributed by atoms with Gasteiger partial charge in [-0.3, -0.25) is 9.79 Å². The summed E-state index contributed by atoms with van der Waals surface area (Å²) in [4.78, 5) is 15.7. The van der Waals surface area contributed by atoms with Crippen LogP contribution in [0.25, 0.3) is 0 Å². The number of esters is 1. The van der Waals surface area contributed by atoms with Crippen LogP contribution in [0, 0.1) is 5.41 Å². The van der Waals surface area contributed by atoms with E-state index in [1.165, 1.54) is 7.11 Å². The highest BCUT2D eigenvalue weighted by Gasteiger charge is 2.28. The Morgan fingerprint density at radius 3 is 2.61 bits per heavy atom. The molecule has 0 saturated carbocycles. The predicted molar refractivity (Wildman–Crippen MR) is 87.8 cm³/mol. The molecular weight excluding hydrogens is 300 g/mol. The van der Waals surface area contributed by atoms with Crippen molar-refractivity contribution in [1.29, 1.82) is 0 Å². The van der Waals surface area contributed by atoms with Crippen LogP contribution in [0.3, 0.4) is 0 Å². The molecule has 1 heterocycles. The monoisotopic (exact) mass is 330 g/mol. The average molecular weight is 330 g/mol. The molecule has 8 heteroatoms. The molecule has 5 N–H and O–H groups in total. The van der Waals surface area contributed by atoms with Crippen molar-refractivity contribution < 1.29 is 19.0 Å². The summed E-state index contributed by atoms with van der Waals surface area (Å²) in [5, 5.41) is 3.18. The van der Waals surface area contributed by atoms with E-state index < -0.39 is 0 Å². The van der Waals surface area contributed by atoms with Crippen LogP contribution in [0.4, 0.5) is 0 Å². The molecule has 1 fully saturated rings. The maximum absolute atomic E-state index is 11.8. The normalized spacial score (nSPS) is 19.1. The largest absolute Gasteiger partial charge is 0.468 e. The van der Waals surface area contributed by atoms with E-state index in [2.05, 4.69) is 24.2 Å². The van der Waals surface area contributed by atoms with E-state index in [0.717, 1.165) is 0 Å². The molecule has 1 aliphatic rings. The Balaban J connectivity index is 2.28. The zero-order chi connectivity index (χ0) is 17.3. The van der Waals surface area contributed by atoms with Gasteiger partial charge in [0, 0.05) is 24.9 Å². The molecule has 1 saturated heterocycles. The number of carbonyl (C=O) groups excluding carboxylic acids is 1. The van der Waals surface area contributed by atoms with Crippen molar-refractivity contribution in [3.05, 3.63) is 0 Å². The van der Waals surface area contributed by atoms with Gasteiger partial charge < -0.3 is 31.0 Å². The van der Waals surface area contributed by atoms with Crippen LogP contribution < -0.4 is 16.8 Å². The van der Waals surface area contributed by atoms with E-state index in [-0.39, 0.29) is 29.7 Å². The molecular formula is C15H30N4O4. The van der Waals surface area contributed by atoms with Crippen molar-refractivity contribution in [2.45, 2.75) is 45.4 Å². The van der Waals surface area contributed by atoms with Crippen molar-refractivity contribution in [1.82, 2.24) is 5.32 Å². The second-order valence-corrected chi connectivity index (χ2v) is 6.48. The number of hydrogen-bond acceptors (Lipinski definition) is 6. The number of hydrogen-bond donors (Lipinski definition) is 3. The molecule has 8 nitrogen and oxygen atoms in total. The van der Waals surface area contributed by atoms with Crippen LogP contribution in [-0.4, -0.2) is 57.7 Å². The summed E-state index contributed by atoms with van der Waals surface area (Å²) >= 11 is 0. The Morgan fingerprint density at radius 2 is 2.04 bits per heavy atom. The van der Waals surface area contributed by atoms with Crippen molar-refractivity contribution in [3.8, 4) is 0 Å². The quantitative estimate of drug-likeness (QED) is 0.235. The molecule has 0 aromatic heterocycles. The molecule has 1 aliphatic heterocycles. The van der Waals surface area contributed by atoms with Gasteiger partial charge >= 0.3 is 5.97 Å². The molecule has 23 heavy (non-hydrogen) atoms. The summed E-state index contributed by atoms with van der Waals surface area (Å²) < 4.78 is 16.1. The summed E-state index contributed by atoms with van der Waals surface area (Å²) in [6, 6.07) is -0.380. The van der Waals surface area contributed by atoms with E-state index in [0.29, 0.717) is 45.6 Å². The van der Waals surface area contributed by atoms with E-state index in [9.17, 15) is 4.79 Å². The van der Waals surface area contributed by atoms with Gasteiger partial charge in [0.15, 0.2) is 12.2 Å². The first-order chi connectivity index (χ1) is 10.8. The van der Waals surface area contributed by atoms with Gasteiger partial charge in [0.1, 0.15) is 6.04 Å². The lowest BCUT2D eigenvalue weighted by Crippen LogP contribution is -2.42. The molecule has 1 unspecified atom stereocenters. The smallest absolute Gasteiger partial charge is 0.322 e. The molecule has 0 aliphatic carbocycles. The molecule has 0 spiro atoms. The molecule has 0 bridgehead atoms. The second kappa shape index (κ2) is 9.69. The van der Waals surface area contributed by atoms with Gasteiger partial charge in [-0.15, -0.1) is 0 Å². The minimum absolute atomic E-state index is 0.0575. The number of methoxy groups -OCH3 is 1. The number of guanidine groups is 1. The standard InChI is InChI=1S/C15H30N4O4/c1-15(2)9-22-12(23-10-15)6-8-18-11(13(20)21-3)5-4-7-19-14(16)17/h11-12,18H,4-10H2,1-3H3,(H4,16,17,19). The fourth-order valence-corrected chi connectivity index (χ4v) is 2.22. The molecule has 0 aromatic carbocycles. The zero-order valence-electron chi connectivity index (χ0n) is 14.3. The van der Waals surface area contributed by atoms with Crippen LogP contribution in [0.15, 0.2) is 4.99 Å². The lowest BCUT2D eigenvalue weighted by molar-refractivity contribution is -0.223. The fraction of sp³-hybridized carbons (Fsp3) is 0.867. The molecule has 134 valence electrons. The lowest BCUT2D eigenvalue weighted by Gasteiger charge is -2.34. The van der Waals surface area contributed by atoms with E-state index in [4.69, 9.17) is 25.7 Å². The van der Waals surface area contributed by atoms with Gasteiger partial charge in [-0.05, 0) is 12.8 Å². The molecule has 0 aromatic rings. The van der Waals surface area contributed by atoms with E-state index in [1.807, 2.05) is 0 Å². The average Bonchev–Trinajstić information content (AvgIpc) is 2.50. The Hall–Kier alpha value is -1.38. The molecule has 1 rings (SSSR count). The van der Waals surface area contributed by atoms with Gasteiger partial charge in [-0.25, -0.2) is 0 Å². The topological polar surface area (TPSA) is 121 Å². The van der Waals surface area contributed by atoms with Crippen molar-refractivity contribution in [2.24, 2.45) is 21.9 Å². The second-order valence-electron chi connectivity index (χ2n) is 6.48. The number of nitrogens with two attached hydrogens (primary N) is 2. The van der Waals surface area contributed by atoms with Gasteiger partial charge in [0.2, 0.25) is 0 Å². The Morgan fingerprint density at radius 1 is 1.39 bits per heavy atom. The highest BCUT2D eigenvalue weighted by molar-refractivity contribution is 5.76. The van der Waals surface area contributed by atoms with E-state index in [1.54, 1.807) is 0 Å². The van der Waals surface area contributed by atoms with Gasteiger partial charge in [-0.1, -0.05) is 13.8 Å². The van der Waals surface area contributed by atoms with Crippen LogP contribution in [0.2, 0.25) is 0 Å². The van der Waals surface area contributed by atoms with Gasteiger partial charge in [-0.2, -0.15) is 0 Å². The van der Waals surface area contributed by atoms with Crippen molar-refractivity contribution in [3.63, 3.8) is 0 Å². The lowest BCUT2D eigenvalue weighted by atomic mass is 9.95. The molecule has 1 atom stereocenters. The number of ether oxygens (including phenoxy) is 3. The fourth-order valence-electron chi connectivity index (χ4n) is 2.22. The minimum atomic E-state index is -0.380. The Labute approximate surface area is 137 Å². The summed E-state index contributed by atoms with van der Waals surface area (Å²) in [5.41, 5.74) is 10.6. The Kier molecular flexibility index (Phi) is 8.29. The molecule has 0 radical (unpaired) electrons. The third-order valence-corrected chi connectivity index (χ3v) is 3.52. The van der Waals surface area contributed by atoms with Gasteiger partial charge in [0.05, 0.1) is 20.3 Å². The third kappa shape index (κ3) is 8.15. The SMILES string of the molecule is COC(=O)C(CCCN=C(N)N)NCCC1OCC(C)(C)CO1. The predicted octanol–water partition coefficient (Wildman–Crippen LogP) is -0.0396. The Bertz CT molecular complexity index is 387. The maximum atomic E-state index is 11.8. The summed E-state index contributed by atoms with van der Waals surface area (Å²) in [7, 11) is 1.38. The third-order valence-electron chi connectivity index (χ3n) is 3.52. The van der Waals surface area contributed by atoms with Crippen LogP contribution >= 0.6 is 0 Å². The molecule has 0 amide bonds. The summed E-state index contributed by atoms with van der Waals surface area (Å²) in [5.74, 6) is -0.233.